The number of nitrogens with zero attached hydrogens (tertiary/aromatic N) is 1. The van der Waals surface area contributed by atoms with Crippen LogP contribution in [0.3, 0.4) is 0 Å². The second kappa shape index (κ2) is 7.20. The summed E-state index contributed by atoms with van der Waals surface area (Å²) in [5.41, 5.74) is 1.33. The number of anilines is 1. The molecular formula is C24H32N2O2. The molecule has 1 aromatic rings. The van der Waals surface area contributed by atoms with Crippen molar-refractivity contribution in [3.05, 3.63) is 29.8 Å². The Kier molecular flexibility index (Phi) is 4.68. The summed E-state index contributed by atoms with van der Waals surface area (Å²) in [4.78, 5) is 28.2. The first-order chi connectivity index (χ1) is 13.6. The van der Waals surface area contributed by atoms with Gasteiger partial charge in [0.05, 0.1) is 5.41 Å². The highest BCUT2D eigenvalue weighted by Crippen LogP contribution is 2.60. The minimum atomic E-state index is -0.153. The highest BCUT2D eigenvalue weighted by molar-refractivity contribution is 5.99. The van der Waals surface area contributed by atoms with Crippen molar-refractivity contribution in [2.75, 3.05) is 18.4 Å². The SMILES string of the molecule is O=C(c1cccc(NC(=O)C23CC4CC(CC(C4)C2)C3)c1)N1CCCCCC1. The molecule has 4 bridgehead atoms. The standard InChI is InChI=1S/C24H32N2O2/c27-22(26-8-3-1-2-4-9-26)20-6-5-7-21(13-20)25-23(28)24-14-17-10-18(15-24)12-19(11-17)16-24/h5-7,13,17-19H,1-4,8-12,14-16H2,(H,25,28). The van der Waals surface area contributed by atoms with Crippen LogP contribution in [0.25, 0.3) is 0 Å². The Morgan fingerprint density at radius 2 is 1.50 bits per heavy atom. The average molecular weight is 381 g/mol. The topological polar surface area (TPSA) is 49.4 Å². The highest BCUT2D eigenvalue weighted by Gasteiger charge is 2.54. The fraction of sp³-hybridized carbons (Fsp3) is 0.667. The molecule has 0 unspecified atom stereocenters. The van der Waals surface area contributed by atoms with Gasteiger partial charge in [0.1, 0.15) is 0 Å². The zero-order valence-corrected chi connectivity index (χ0v) is 16.8. The first-order valence-corrected chi connectivity index (χ1v) is 11.3. The van der Waals surface area contributed by atoms with Crippen molar-refractivity contribution in [1.82, 2.24) is 4.90 Å². The molecule has 4 heteroatoms. The molecule has 2 amide bonds. The van der Waals surface area contributed by atoms with Gasteiger partial charge in [-0.1, -0.05) is 18.9 Å². The maximum atomic E-state index is 13.3. The molecule has 1 aromatic carbocycles. The van der Waals surface area contributed by atoms with Crippen molar-refractivity contribution in [3.8, 4) is 0 Å². The lowest BCUT2D eigenvalue weighted by atomic mass is 9.49. The van der Waals surface area contributed by atoms with Crippen LogP contribution >= 0.6 is 0 Å². The molecule has 4 nitrogen and oxygen atoms in total. The van der Waals surface area contributed by atoms with E-state index in [9.17, 15) is 9.59 Å². The number of carbonyl (C=O) groups excluding carboxylic acids is 2. The molecule has 28 heavy (non-hydrogen) atoms. The molecular weight excluding hydrogens is 348 g/mol. The Balaban J connectivity index is 1.30. The number of carbonyl (C=O) groups is 2. The summed E-state index contributed by atoms with van der Waals surface area (Å²) in [6.45, 7) is 1.70. The molecule has 0 spiro atoms. The lowest BCUT2D eigenvalue weighted by Crippen LogP contribution is -2.51. The molecule has 6 rings (SSSR count). The molecule has 4 aliphatic carbocycles. The van der Waals surface area contributed by atoms with Crippen molar-refractivity contribution in [1.29, 1.82) is 0 Å². The third kappa shape index (κ3) is 3.35. The maximum absolute atomic E-state index is 13.3. The summed E-state index contributed by atoms with van der Waals surface area (Å²) in [5.74, 6) is 2.58. The Labute approximate surface area is 168 Å². The molecule has 0 radical (unpaired) electrons. The summed E-state index contributed by atoms with van der Waals surface area (Å²) < 4.78 is 0. The maximum Gasteiger partial charge on any atom is 0.253 e. The van der Waals surface area contributed by atoms with E-state index in [2.05, 4.69) is 5.32 Å². The van der Waals surface area contributed by atoms with E-state index in [-0.39, 0.29) is 17.2 Å². The second-order valence-corrected chi connectivity index (χ2v) is 9.94. The monoisotopic (exact) mass is 380 g/mol. The number of nitrogens with one attached hydrogen (secondary N) is 1. The van der Waals surface area contributed by atoms with E-state index >= 15 is 0 Å². The highest BCUT2D eigenvalue weighted by atomic mass is 16.2. The summed E-state index contributed by atoms with van der Waals surface area (Å²) in [6, 6.07) is 7.59. The first kappa shape index (κ1) is 18.2. The summed E-state index contributed by atoms with van der Waals surface area (Å²) >= 11 is 0. The van der Waals surface area contributed by atoms with Crippen LogP contribution in [-0.4, -0.2) is 29.8 Å². The van der Waals surface area contributed by atoms with Gasteiger partial charge in [0.2, 0.25) is 5.91 Å². The van der Waals surface area contributed by atoms with Gasteiger partial charge in [0.25, 0.3) is 5.91 Å². The van der Waals surface area contributed by atoms with Crippen molar-refractivity contribution >= 4 is 17.5 Å². The molecule has 4 saturated carbocycles. The number of likely N-dealkylation sites (tertiary alicyclic amines) is 1. The lowest BCUT2D eigenvalue weighted by Gasteiger charge is -2.55. The molecule has 5 fully saturated rings. The van der Waals surface area contributed by atoms with Crippen LogP contribution in [-0.2, 0) is 4.79 Å². The van der Waals surface area contributed by atoms with E-state index in [0.717, 1.165) is 68.6 Å². The van der Waals surface area contributed by atoms with Gasteiger partial charge >= 0.3 is 0 Å². The van der Waals surface area contributed by atoms with Crippen molar-refractivity contribution in [3.63, 3.8) is 0 Å². The quantitative estimate of drug-likeness (QED) is 0.814. The van der Waals surface area contributed by atoms with Gasteiger partial charge in [-0.25, -0.2) is 0 Å². The minimum absolute atomic E-state index is 0.104. The van der Waals surface area contributed by atoms with Crippen LogP contribution in [0.2, 0.25) is 0 Å². The summed E-state index contributed by atoms with van der Waals surface area (Å²) in [5, 5.41) is 3.20. The molecule has 1 aliphatic heterocycles. The third-order valence-corrected chi connectivity index (χ3v) is 7.78. The Morgan fingerprint density at radius 1 is 0.893 bits per heavy atom. The van der Waals surface area contributed by atoms with E-state index in [4.69, 9.17) is 0 Å². The average Bonchev–Trinajstić information content (AvgIpc) is 2.96. The van der Waals surface area contributed by atoms with E-state index in [1.165, 1.54) is 32.1 Å². The van der Waals surface area contributed by atoms with Crippen molar-refractivity contribution in [2.24, 2.45) is 23.2 Å². The number of amides is 2. The number of rotatable bonds is 3. The predicted molar refractivity (Wildman–Crippen MR) is 110 cm³/mol. The van der Waals surface area contributed by atoms with Crippen LogP contribution in [0.1, 0.15) is 74.6 Å². The van der Waals surface area contributed by atoms with E-state index in [1.807, 2.05) is 29.2 Å². The zero-order chi connectivity index (χ0) is 19.1. The zero-order valence-electron chi connectivity index (χ0n) is 16.8. The smallest absolute Gasteiger partial charge is 0.253 e. The van der Waals surface area contributed by atoms with Crippen LogP contribution in [0.5, 0.6) is 0 Å². The van der Waals surface area contributed by atoms with Crippen LogP contribution in [0.15, 0.2) is 24.3 Å². The van der Waals surface area contributed by atoms with Crippen molar-refractivity contribution < 1.29 is 9.59 Å². The van der Waals surface area contributed by atoms with Crippen LogP contribution in [0, 0.1) is 23.2 Å². The van der Waals surface area contributed by atoms with Gasteiger partial charge in [-0.05, 0) is 87.3 Å². The summed E-state index contributed by atoms with van der Waals surface area (Å²) in [7, 11) is 0. The van der Waals surface area contributed by atoms with Gasteiger partial charge in [0, 0.05) is 24.3 Å². The number of hydrogen-bond donors (Lipinski definition) is 1. The van der Waals surface area contributed by atoms with Gasteiger partial charge in [-0.3, -0.25) is 9.59 Å². The fourth-order valence-electron chi connectivity index (χ4n) is 6.84. The Morgan fingerprint density at radius 3 is 2.11 bits per heavy atom. The molecule has 5 aliphatic rings. The largest absolute Gasteiger partial charge is 0.339 e. The molecule has 1 N–H and O–H groups in total. The molecule has 1 saturated heterocycles. The van der Waals surface area contributed by atoms with Gasteiger partial charge in [-0.15, -0.1) is 0 Å². The van der Waals surface area contributed by atoms with E-state index < -0.39 is 0 Å². The Hall–Kier alpha value is -1.84. The predicted octanol–water partition coefficient (Wildman–Crippen LogP) is 4.86. The lowest BCUT2D eigenvalue weighted by molar-refractivity contribution is -0.140. The van der Waals surface area contributed by atoms with E-state index in [1.54, 1.807) is 0 Å². The van der Waals surface area contributed by atoms with Crippen LogP contribution in [0.4, 0.5) is 5.69 Å². The first-order valence-electron chi connectivity index (χ1n) is 11.3. The second-order valence-electron chi connectivity index (χ2n) is 9.94. The van der Waals surface area contributed by atoms with Crippen LogP contribution < -0.4 is 5.32 Å². The number of hydrogen-bond acceptors (Lipinski definition) is 2. The number of benzene rings is 1. The molecule has 0 aromatic heterocycles. The molecule has 150 valence electrons. The van der Waals surface area contributed by atoms with Crippen molar-refractivity contribution in [2.45, 2.75) is 64.2 Å². The normalized spacial score (nSPS) is 34.1. The van der Waals surface area contributed by atoms with Gasteiger partial charge in [-0.2, -0.15) is 0 Å². The van der Waals surface area contributed by atoms with Gasteiger partial charge < -0.3 is 10.2 Å². The minimum Gasteiger partial charge on any atom is -0.339 e. The fourth-order valence-corrected chi connectivity index (χ4v) is 6.84. The molecule has 1 heterocycles. The van der Waals surface area contributed by atoms with Gasteiger partial charge in [0.15, 0.2) is 0 Å². The third-order valence-electron chi connectivity index (χ3n) is 7.78. The molecule has 0 atom stereocenters. The summed E-state index contributed by atoms with van der Waals surface area (Å²) in [6.07, 6.45) is 11.8. The van der Waals surface area contributed by atoms with E-state index in [0.29, 0.717) is 5.56 Å². The Bertz CT molecular complexity index is 728.